The van der Waals surface area contributed by atoms with Crippen LogP contribution in [0.1, 0.15) is 52.9 Å². The molecule has 1 N–H and O–H groups in total. The Kier molecular flexibility index (Phi) is 5.62. The van der Waals surface area contributed by atoms with E-state index in [-0.39, 0.29) is 5.54 Å². The van der Waals surface area contributed by atoms with E-state index < -0.39 is 0 Å². The van der Waals surface area contributed by atoms with E-state index in [1.54, 1.807) is 0 Å². The molecule has 1 aliphatic heterocycles. The van der Waals surface area contributed by atoms with Crippen LogP contribution in [-0.4, -0.2) is 36.6 Å². The summed E-state index contributed by atoms with van der Waals surface area (Å²) in [7, 11) is 0. The maximum absolute atomic E-state index is 3.56. The minimum atomic E-state index is 0.267. The number of nitrogens with one attached hydrogen (secondary N) is 1. The van der Waals surface area contributed by atoms with Gasteiger partial charge in [0.1, 0.15) is 0 Å². The van der Waals surface area contributed by atoms with Gasteiger partial charge in [0, 0.05) is 18.6 Å². The molecule has 1 heterocycles. The van der Waals surface area contributed by atoms with E-state index in [4.69, 9.17) is 0 Å². The highest BCUT2D eigenvalue weighted by molar-refractivity contribution is 4.72. The molecule has 1 fully saturated rings. The lowest BCUT2D eigenvalue weighted by Crippen LogP contribution is -2.42. The van der Waals surface area contributed by atoms with Crippen molar-refractivity contribution in [3.05, 3.63) is 0 Å². The van der Waals surface area contributed by atoms with E-state index in [0.29, 0.717) is 0 Å². The molecule has 1 saturated heterocycles. The summed E-state index contributed by atoms with van der Waals surface area (Å²) in [4.78, 5) is 2.62. The van der Waals surface area contributed by atoms with Gasteiger partial charge >= 0.3 is 0 Å². The Balaban J connectivity index is 2.12. The van der Waals surface area contributed by atoms with Crippen molar-refractivity contribution >= 4 is 0 Å². The molecule has 2 nitrogen and oxygen atoms in total. The van der Waals surface area contributed by atoms with Crippen molar-refractivity contribution < 1.29 is 0 Å². The van der Waals surface area contributed by atoms with Crippen LogP contribution in [-0.2, 0) is 0 Å². The molecule has 0 unspecified atom stereocenters. The van der Waals surface area contributed by atoms with Crippen LogP contribution in [0.2, 0.25) is 0 Å². The summed E-state index contributed by atoms with van der Waals surface area (Å²) >= 11 is 0. The Morgan fingerprint density at radius 2 is 1.47 bits per heavy atom. The van der Waals surface area contributed by atoms with E-state index >= 15 is 0 Å². The number of hydrogen-bond acceptors (Lipinski definition) is 2. The SMILES string of the molecule is CC(C)(C)NCCN1CCCCCCC1. The van der Waals surface area contributed by atoms with Gasteiger partial charge in [-0.25, -0.2) is 0 Å². The van der Waals surface area contributed by atoms with Gasteiger partial charge in [0.15, 0.2) is 0 Å². The topological polar surface area (TPSA) is 15.3 Å². The molecular weight excluding hydrogens is 184 g/mol. The smallest absolute Gasteiger partial charge is 0.0107 e. The average molecular weight is 212 g/mol. The summed E-state index contributed by atoms with van der Waals surface area (Å²) in [6.07, 6.45) is 7.12. The van der Waals surface area contributed by atoms with E-state index in [1.807, 2.05) is 0 Å². The zero-order chi connectivity index (χ0) is 11.1. The van der Waals surface area contributed by atoms with Crippen LogP contribution in [0.25, 0.3) is 0 Å². The molecular formula is C13H28N2. The van der Waals surface area contributed by atoms with E-state index in [9.17, 15) is 0 Å². The molecule has 2 heteroatoms. The van der Waals surface area contributed by atoms with Crippen LogP contribution in [0.4, 0.5) is 0 Å². The van der Waals surface area contributed by atoms with E-state index in [2.05, 4.69) is 31.0 Å². The summed E-state index contributed by atoms with van der Waals surface area (Å²) in [5, 5.41) is 3.56. The second-order valence-electron chi connectivity index (χ2n) is 5.79. The highest BCUT2D eigenvalue weighted by Crippen LogP contribution is 2.09. The molecule has 90 valence electrons. The minimum Gasteiger partial charge on any atom is -0.311 e. The molecule has 1 rings (SSSR count). The van der Waals surface area contributed by atoms with Crippen molar-refractivity contribution in [2.45, 2.75) is 58.4 Å². The zero-order valence-corrected chi connectivity index (χ0v) is 10.8. The molecule has 0 amide bonds. The third-order valence-electron chi connectivity index (χ3n) is 3.03. The van der Waals surface area contributed by atoms with Gasteiger partial charge in [-0.3, -0.25) is 0 Å². The van der Waals surface area contributed by atoms with Gasteiger partial charge < -0.3 is 10.2 Å². The highest BCUT2D eigenvalue weighted by atomic mass is 15.1. The first-order valence-corrected chi connectivity index (χ1v) is 6.55. The van der Waals surface area contributed by atoms with Crippen LogP contribution in [0.15, 0.2) is 0 Å². The fourth-order valence-electron chi connectivity index (χ4n) is 2.13. The lowest BCUT2D eigenvalue weighted by Gasteiger charge is -2.27. The number of nitrogens with zero attached hydrogens (tertiary/aromatic N) is 1. The number of rotatable bonds is 3. The Labute approximate surface area is 95.4 Å². The van der Waals surface area contributed by atoms with Crippen molar-refractivity contribution in [3.8, 4) is 0 Å². The molecule has 0 aromatic rings. The molecule has 0 bridgehead atoms. The largest absolute Gasteiger partial charge is 0.311 e. The van der Waals surface area contributed by atoms with Crippen molar-refractivity contribution in [1.29, 1.82) is 0 Å². The average Bonchev–Trinajstić information content (AvgIpc) is 2.06. The summed E-state index contributed by atoms with van der Waals surface area (Å²) < 4.78 is 0. The molecule has 0 aromatic heterocycles. The van der Waals surface area contributed by atoms with Crippen LogP contribution >= 0.6 is 0 Å². The van der Waals surface area contributed by atoms with Crippen molar-refractivity contribution in [2.75, 3.05) is 26.2 Å². The molecule has 0 aliphatic carbocycles. The third kappa shape index (κ3) is 6.91. The molecule has 0 radical (unpaired) electrons. The third-order valence-corrected chi connectivity index (χ3v) is 3.03. The van der Waals surface area contributed by atoms with Crippen molar-refractivity contribution in [2.24, 2.45) is 0 Å². The first kappa shape index (κ1) is 13.0. The summed E-state index contributed by atoms with van der Waals surface area (Å²) in [5.74, 6) is 0. The standard InChI is InChI=1S/C13H28N2/c1-13(2,3)14-9-12-15-10-7-5-4-6-8-11-15/h14H,4-12H2,1-3H3. The van der Waals surface area contributed by atoms with Gasteiger partial charge in [0.05, 0.1) is 0 Å². The second kappa shape index (κ2) is 6.49. The number of likely N-dealkylation sites (tertiary alicyclic amines) is 1. The Morgan fingerprint density at radius 3 is 2.00 bits per heavy atom. The van der Waals surface area contributed by atoms with Gasteiger partial charge in [-0.1, -0.05) is 19.3 Å². The normalized spacial score (nSPS) is 21.0. The van der Waals surface area contributed by atoms with Crippen LogP contribution < -0.4 is 5.32 Å². The molecule has 1 aliphatic rings. The van der Waals surface area contributed by atoms with Crippen LogP contribution in [0.3, 0.4) is 0 Å². The molecule has 0 aromatic carbocycles. The van der Waals surface area contributed by atoms with Crippen LogP contribution in [0.5, 0.6) is 0 Å². The lowest BCUT2D eigenvalue weighted by molar-refractivity contribution is 0.239. The second-order valence-corrected chi connectivity index (χ2v) is 5.79. The Bertz CT molecular complexity index is 152. The van der Waals surface area contributed by atoms with Gasteiger partial charge in [0.25, 0.3) is 0 Å². The van der Waals surface area contributed by atoms with Gasteiger partial charge in [-0.15, -0.1) is 0 Å². The first-order valence-electron chi connectivity index (χ1n) is 6.55. The fraction of sp³-hybridized carbons (Fsp3) is 1.00. The lowest BCUT2D eigenvalue weighted by atomic mass is 10.1. The fourth-order valence-corrected chi connectivity index (χ4v) is 2.13. The molecule has 0 spiro atoms. The zero-order valence-electron chi connectivity index (χ0n) is 10.8. The first-order chi connectivity index (χ1) is 7.08. The summed E-state index contributed by atoms with van der Waals surface area (Å²) in [6, 6.07) is 0. The summed E-state index contributed by atoms with van der Waals surface area (Å²) in [5.41, 5.74) is 0.267. The van der Waals surface area contributed by atoms with Gasteiger partial charge in [-0.05, 0) is 46.7 Å². The molecule has 0 atom stereocenters. The predicted octanol–water partition coefficient (Wildman–Crippen LogP) is 2.64. The Morgan fingerprint density at radius 1 is 0.933 bits per heavy atom. The quantitative estimate of drug-likeness (QED) is 0.773. The number of hydrogen-bond donors (Lipinski definition) is 1. The van der Waals surface area contributed by atoms with Crippen molar-refractivity contribution in [1.82, 2.24) is 10.2 Å². The van der Waals surface area contributed by atoms with E-state index in [0.717, 1.165) is 6.54 Å². The predicted molar refractivity (Wildman–Crippen MR) is 67.3 cm³/mol. The summed E-state index contributed by atoms with van der Waals surface area (Å²) in [6.45, 7) is 11.7. The maximum Gasteiger partial charge on any atom is 0.0107 e. The minimum absolute atomic E-state index is 0.267. The molecule has 15 heavy (non-hydrogen) atoms. The van der Waals surface area contributed by atoms with Crippen LogP contribution in [0, 0.1) is 0 Å². The van der Waals surface area contributed by atoms with E-state index in [1.165, 1.54) is 51.7 Å². The van der Waals surface area contributed by atoms with Crippen molar-refractivity contribution in [3.63, 3.8) is 0 Å². The Hall–Kier alpha value is -0.0800. The van der Waals surface area contributed by atoms with Gasteiger partial charge in [-0.2, -0.15) is 0 Å². The highest BCUT2D eigenvalue weighted by Gasteiger charge is 2.11. The monoisotopic (exact) mass is 212 g/mol. The maximum atomic E-state index is 3.56. The van der Waals surface area contributed by atoms with Gasteiger partial charge in [0.2, 0.25) is 0 Å². The molecule has 0 saturated carbocycles.